The highest BCUT2D eigenvalue weighted by atomic mass is 127. The van der Waals surface area contributed by atoms with Crippen LogP contribution in [0.2, 0.25) is 0 Å². The van der Waals surface area contributed by atoms with Crippen LogP contribution in [-0.4, -0.2) is 30.1 Å². The third-order valence-corrected chi connectivity index (χ3v) is 8.18. The van der Waals surface area contributed by atoms with Crippen LogP contribution in [0.5, 0.6) is 11.5 Å². The van der Waals surface area contributed by atoms with E-state index in [-0.39, 0.29) is 17.5 Å². The molecule has 2 aliphatic carbocycles. The third kappa shape index (κ3) is 4.60. The van der Waals surface area contributed by atoms with Crippen molar-refractivity contribution in [2.75, 3.05) is 13.7 Å². The maximum atomic E-state index is 13.3. The van der Waals surface area contributed by atoms with E-state index in [0.29, 0.717) is 37.6 Å². The van der Waals surface area contributed by atoms with Crippen LogP contribution < -0.4 is 9.47 Å². The molecular formula is C30H32INO4. The summed E-state index contributed by atoms with van der Waals surface area (Å²) in [5.74, 6) is 1.33. The highest BCUT2D eigenvalue weighted by Crippen LogP contribution is 2.50. The van der Waals surface area contributed by atoms with Crippen molar-refractivity contribution in [1.29, 1.82) is 0 Å². The van der Waals surface area contributed by atoms with E-state index >= 15 is 0 Å². The number of allylic oxidation sites excluding steroid dienone is 4. The normalized spacial score (nSPS) is 18.4. The van der Waals surface area contributed by atoms with Crippen LogP contribution in [0.4, 0.5) is 0 Å². The number of carbonyl (C=O) groups excluding carboxylic acids is 2. The number of hydrogen-bond donors (Lipinski definition) is 0. The largest absolute Gasteiger partial charge is 0.490 e. The topological polar surface area (TPSA) is 55.8 Å². The highest BCUT2D eigenvalue weighted by molar-refractivity contribution is 14.1. The molecule has 5 nitrogen and oxygen atoms in total. The van der Waals surface area contributed by atoms with Gasteiger partial charge in [-0.25, -0.2) is 0 Å². The summed E-state index contributed by atoms with van der Waals surface area (Å²) in [6.07, 6.45) is 4.52. The second kappa shape index (κ2) is 10.4. The van der Waals surface area contributed by atoms with E-state index in [1.165, 1.54) is 5.56 Å². The molecule has 0 radical (unpaired) electrons. The molecule has 0 spiro atoms. The fourth-order valence-corrected chi connectivity index (χ4v) is 6.58. The van der Waals surface area contributed by atoms with E-state index in [2.05, 4.69) is 58.7 Å². The second-order valence-corrected chi connectivity index (χ2v) is 11.0. The van der Waals surface area contributed by atoms with E-state index in [1.807, 2.05) is 26.1 Å². The lowest BCUT2D eigenvalue weighted by Gasteiger charge is -2.42. The summed E-state index contributed by atoms with van der Waals surface area (Å²) < 4.78 is 13.3. The Morgan fingerprint density at radius 2 is 1.61 bits per heavy atom. The van der Waals surface area contributed by atoms with Crippen molar-refractivity contribution in [1.82, 2.24) is 4.90 Å². The van der Waals surface area contributed by atoms with Crippen molar-refractivity contribution in [2.24, 2.45) is 0 Å². The van der Waals surface area contributed by atoms with Gasteiger partial charge >= 0.3 is 0 Å². The van der Waals surface area contributed by atoms with Gasteiger partial charge in [0, 0.05) is 48.3 Å². The number of hydrogen-bond acceptors (Lipinski definition) is 5. The molecule has 0 saturated carbocycles. The van der Waals surface area contributed by atoms with Gasteiger partial charge in [0.25, 0.3) is 0 Å². The molecule has 0 N–H and O–H groups in total. The van der Waals surface area contributed by atoms with Crippen LogP contribution in [0.15, 0.2) is 58.9 Å². The minimum absolute atomic E-state index is 0.158. The number of Topliss-reactive ketones (excluding diaryl/α,β-unsaturated/α-hetero) is 2. The standard InChI is InChI=1S/C30H32INO4/c1-4-35-26-16-20(15-21(31)30(26)36-17-19-9-5-8-18(2)14-19)27-28-22(10-6-12-24(28)33)32(3)23-11-7-13-25(34)29(23)27/h5,8-9,14-16,27H,4,6-7,10-13,17H2,1-3H3. The number of benzene rings is 2. The Morgan fingerprint density at radius 3 is 2.22 bits per heavy atom. The molecule has 36 heavy (non-hydrogen) atoms. The van der Waals surface area contributed by atoms with Gasteiger partial charge in [0.15, 0.2) is 23.1 Å². The molecule has 6 heteroatoms. The summed E-state index contributed by atoms with van der Waals surface area (Å²) in [6.45, 7) is 4.96. The molecule has 0 aromatic heterocycles. The number of halogens is 1. The minimum atomic E-state index is -0.342. The molecule has 5 rings (SSSR count). The Morgan fingerprint density at radius 1 is 0.944 bits per heavy atom. The van der Waals surface area contributed by atoms with Gasteiger partial charge in [0.2, 0.25) is 0 Å². The van der Waals surface area contributed by atoms with Gasteiger partial charge in [0.05, 0.1) is 10.2 Å². The summed E-state index contributed by atoms with van der Waals surface area (Å²) >= 11 is 2.29. The first-order valence-electron chi connectivity index (χ1n) is 12.8. The van der Waals surface area contributed by atoms with Crippen molar-refractivity contribution >= 4 is 34.2 Å². The van der Waals surface area contributed by atoms with Crippen LogP contribution in [0.25, 0.3) is 0 Å². The Labute approximate surface area is 226 Å². The zero-order chi connectivity index (χ0) is 25.4. The number of ketones is 2. The minimum Gasteiger partial charge on any atom is -0.490 e. The molecular weight excluding hydrogens is 565 g/mol. The molecule has 2 aromatic rings. The average molecular weight is 597 g/mol. The monoisotopic (exact) mass is 597 g/mol. The molecule has 0 unspecified atom stereocenters. The molecule has 0 atom stereocenters. The molecule has 0 fully saturated rings. The summed E-state index contributed by atoms with van der Waals surface area (Å²) in [6, 6.07) is 12.3. The molecule has 0 saturated heterocycles. The lowest BCUT2D eigenvalue weighted by Crippen LogP contribution is -2.37. The summed E-state index contributed by atoms with van der Waals surface area (Å²) in [5.41, 5.74) is 6.97. The molecule has 1 aliphatic heterocycles. The predicted molar refractivity (Wildman–Crippen MR) is 148 cm³/mol. The molecule has 1 heterocycles. The second-order valence-electron chi connectivity index (χ2n) is 9.81. The van der Waals surface area contributed by atoms with Crippen molar-refractivity contribution in [3.63, 3.8) is 0 Å². The highest BCUT2D eigenvalue weighted by Gasteiger charge is 2.42. The zero-order valence-corrected chi connectivity index (χ0v) is 23.3. The molecule has 188 valence electrons. The van der Waals surface area contributed by atoms with Crippen molar-refractivity contribution < 1.29 is 19.1 Å². The van der Waals surface area contributed by atoms with Gasteiger partial charge in [0.1, 0.15) is 6.61 Å². The van der Waals surface area contributed by atoms with Crippen molar-refractivity contribution in [3.8, 4) is 11.5 Å². The Hall–Kier alpha value is -2.61. The lowest BCUT2D eigenvalue weighted by atomic mass is 9.71. The number of aryl methyl sites for hydroxylation is 1. The van der Waals surface area contributed by atoms with E-state index in [9.17, 15) is 9.59 Å². The van der Waals surface area contributed by atoms with Crippen molar-refractivity contribution in [2.45, 2.75) is 64.9 Å². The van der Waals surface area contributed by atoms with E-state index < -0.39 is 0 Å². The van der Waals surface area contributed by atoms with Gasteiger partial charge in [-0.3, -0.25) is 9.59 Å². The summed E-state index contributed by atoms with van der Waals surface area (Å²) in [5, 5.41) is 0. The van der Waals surface area contributed by atoms with Crippen LogP contribution in [0, 0.1) is 10.5 Å². The van der Waals surface area contributed by atoms with E-state index in [1.54, 1.807) is 0 Å². The summed E-state index contributed by atoms with van der Waals surface area (Å²) in [7, 11) is 2.02. The van der Waals surface area contributed by atoms with Crippen molar-refractivity contribution in [3.05, 3.63) is 79.2 Å². The first-order valence-corrected chi connectivity index (χ1v) is 13.9. The van der Waals surface area contributed by atoms with E-state index in [4.69, 9.17) is 9.47 Å². The first kappa shape index (κ1) is 25.1. The SMILES string of the molecule is CCOc1cc(C2C3=C(CCCC3=O)N(C)C3=C2C(=O)CCC3)cc(I)c1OCc1cccc(C)c1. The quantitative estimate of drug-likeness (QED) is 0.351. The molecule has 3 aliphatic rings. The van der Waals surface area contributed by atoms with Crippen LogP contribution >= 0.6 is 22.6 Å². The fourth-order valence-electron chi connectivity index (χ4n) is 5.80. The van der Waals surface area contributed by atoms with E-state index in [0.717, 1.165) is 62.9 Å². The first-order chi connectivity index (χ1) is 17.4. The maximum Gasteiger partial charge on any atom is 0.174 e. The number of ether oxygens (including phenoxy) is 2. The summed E-state index contributed by atoms with van der Waals surface area (Å²) in [4.78, 5) is 28.8. The average Bonchev–Trinajstić information content (AvgIpc) is 2.85. The van der Waals surface area contributed by atoms with Gasteiger partial charge < -0.3 is 14.4 Å². The predicted octanol–water partition coefficient (Wildman–Crippen LogP) is 6.62. The van der Waals surface area contributed by atoms with Crippen LogP contribution in [0.1, 0.15) is 68.1 Å². The number of nitrogens with zero attached hydrogens (tertiary/aromatic N) is 1. The number of carbonyl (C=O) groups is 2. The Kier molecular flexibility index (Phi) is 7.24. The van der Waals surface area contributed by atoms with Gasteiger partial charge in [-0.1, -0.05) is 29.8 Å². The third-order valence-electron chi connectivity index (χ3n) is 7.38. The molecule has 0 amide bonds. The Balaban J connectivity index is 1.60. The van der Waals surface area contributed by atoms with Crippen LogP contribution in [-0.2, 0) is 16.2 Å². The van der Waals surface area contributed by atoms with Gasteiger partial charge in [-0.2, -0.15) is 0 Å². The van der Waals surface area contributed by atoms with Gasteiger partial charge in [-0.05, 0) is 85.4 Å². The van der Waals surface area contributed by atoms with Crippen LogP contribution in [0.3, 0.4) is 0 Å². The molecule has 2 aromatic carbocycles. The number of rotatable bonds is 6. The van der Waals surface area contributed by atoms with Gasteiger partial charge in [-0.15, -0.1) is 0 Å². The fraction of sp³-hybridized carbons (Fsp3) is 0.400. The lowest BCUT2D eigenvalue weighted by molar-refractivity contribution is -0.117. The smallest absolute Gasteiger partial charge is 0.174 e. The Bertz CT molecular complexity index is 1250. The zero-order valence-electron chi connectivity index (χ0n) is 21.2. The molecule has 0 bridgehead atoms. The maximum absolute atomic E-state index is 13.3.